The first-order valence-corrected chi connectivity index (χ1v) is 8.47. The van der Waals surface area contributed by atoms with Gasteiger partial charge in [0.1, 0.15) is 5.75 Å². The van der Waals surface area contributed by atoms with Gasteiger partial charge in [0.05, 0.1) is 24.5 Å². The highest BCUT2D eigenvalue weighted by molar-refractivity contribution is 5.94. The lowest BCUT2D eigenvalue weighted by molar-refractivity contribution is -0.115. The Bertz CT molecular complexity index is 759. The van der Waals surface area contributed by atoms with Gasteiger partial charge in [0.25, 0.3) is 0 Å². The SMILES string of the molecule is COC(=O)c1cccc(NC(=O)CCNc2ccccc2OC(C)C)c1. The molecule has 2 rings (SSSR count). The van der Waals surface area contributed by atoms with Gasteiger partial charge in [0.2, 0.25) is 5.91 Å². The maximum Gasteiger partial charge on any atom is 0.337 e. The highest BCUT2D eigenvalue weighted by Gasteiger charge is 2.09. The lowest BCUT2D eigenvalue weighted by atomic mass is 10.2. The van der Waals surface area contributed by atoms with Crippen LogP contribution in [0.4, 0.5) is 11.4 Å². The molecule has 138 valence electrons. The Balaban J connectivity index is 1.87. The van der Waals surface area contributed by atoms with Crippen molar-refractivity contribution in [3.05, 3.63) is 54.1 Å². The smallest absolute Gasteiger partial charge is 0.337 e. The Labute approximate surface area is 153 Å². The molecule has 0 saturated heterocycles. The van der Waals surface area contributed by atoms with Crippen LogP contribution in [-0.2, 0) is 9.53 Å². The van der Waals surface area contributed by atoms with Gasteiger partial charge in [-0.05, 0) is 44.2 Å². The van der Waals surface area contributed by atoms with E-state index in [2.05, 4.69) is 15.4 Å². The maximum absolute atomic E-state index is 12.1. The number of esters is 1. The molecular formula is C20H24N2O4. The second kappa shape index (κ2) is 9.46. The van der Waals surface area contributed by atoms with E-state index in [-0.39, 0.29) is 18.4 Å². The second-order valence-electron chi connectivity index (χ2n) is 5.96. The molecule has 0 unspecified atom stereocenters. The van der Waals surface area contributed by atoms with Crippen LogP contribution in [0, 0.1) is 0 Å². The number of methoxy groups -OCH3 is 1. The van der Waals surface area contributed by atoms with E-state index in [1.165, 1.54) is 7.11 Å². The zero-order valence-electron chi connectivity index (χ0n) is 15.2. The monoisotopic (exact) mass is 356 g/mol. The molecule has 0 bridgehead atoms. The Kier molecular flexibility index (Phi) is 7.02. The fourth-order valence-corrected chi connectivity index (χ4v) is 2.35. The first-order valence-electron chi connectivity index (χ1n) is 8.47. The molecule has 2 N–H and O–H groups in total. The van der Waals surface area contributed by atoms with Crippen LogP contribution in [0.25, 0.3) is 0 Å². The molecule has 0 aromatic heterocycles. The number of amides is 1. The molecule has 0 spiro atoms. The molecule has 2 aromatic carbocycles. The van der Waals surface area contributed by atoms with Gasteiger partial charge in [0, 0.05) is 18.7 Å². The van der Waals surface area contributed by atoms with Crippen molar-refractivity contribution < 1.29 is 19.1 Å². The second-order valence-corrected chi connectivity index (χ2v) is 5.96. The van der Waals surface area contributed by atoms with Crippen molar-refractivity contribution in [3.8, 4) is 5.75 Å². The average Bonchev–Trinajstić information content (AvgIpc) is 2.62. The number of anilines is 2. The maximum atomic E-state index is 12.1. The van der Waals surface area contributed by atoms with E-state index < -0.39 is 5.97 Å². The number of carbonyl (C=O) groups is 2. The number of hydrogen-bond acceptors (Lipinski definition) is 5. The van der Waals surface area contributed by atoms with E-state index in [1.54, 1.807) is 24.3 Å². The summed E-state index contributed by atoms with van der Waals surface area (Å²) in [5.74, 6) is 0.167. The lowest BCUT2D eigenvalue weighted by Crippen LogP contribution is -2.17. The molecule has 0 aliphatic heterocycles. The van der Waals surface area contributed by atoms with Crippen LogP contribution in [0.2, 0.25) is 0 Å². The fourth-order valence-electron chi connectivity index (χ4n) is 2.35. The predicted molar refractivity (Wildman–Crippen MR) is 102 cm³/mol. The molecule has 0 aliphatic rings. The first kappa shape index (κ1) is 19.3. The Morgan fingerprint density at radius 1 is 1.08 bits per heavy atom. The van der Waals surface area contributed by atoms with Crippen LogP contribution < -0.4 is 15.4 Å². The molecule has 6 heteroatoms. The van der Waals surface area contributed by atoms with Gasteiger partial charge in [-0.25, -0.2) is 4.79 Å². The molecule has 26 heavy (non-hydrogen) atoms. The number of para-hydroxylation sites is 2. The number of benzene rings is 2. The summed E-state index contributed by atoms with van der Waals surface area (Å²) >= 11 is 0. The third-order valence-electron chi connectivity index (χ3n) is 3.48. The molecule has 6 nitrogen and oxygen atoms in total. The van der Waals surface area contributed by atoms with Gasteiger partial charge < -0.3 is 20.1 Å². The van der Waals surface area contributed by atoms with Crippen LogP contribution in [0.5, 0.6) is 5.75 Å². The predicted octanol–water partition coefficient (Wildman–Crippen LogP) is 3.70. The van der Waals surface area contributed by atoms with E-state index >= 15 is 0 Å². The molecule has 1 amide bonds. The minimum atomic E-state index is -0.440. The van der Waals surface area contributed by atoms with Crippen molar-refractivity contribution in [2.75, 3.05) is 24.3 Å². The minimum absolute atomic E-state index is 0.0725. The summed E-state index contributed by atoms with van der Waals surface area (Å²) < 4.78 is 10.4. The molecule has 0 heterocycles. The van der Waals surface area contributed by atoms with Gasteiger partial charge in [-0.1, -0.05) is 18.2 Å². The summed E-state index contributed by atoms with van der Waals surface area (Å²) in [4.78, 5) is 23.6. The van der Waals surface area contributed by atoms with Gasteiger partial charge in [-0.15, -0.1) is 0 Å². The van der Waals surface area contributed by atoms with Crippen molar-refractivity contribution in [1.82, 2.24) is 0 Å². The molecule has 0 atom stereocenters. The van der Waals surface area contributed by atoms with E-state index in [1.807, 2.05) is 38.1 Å². The summed E-state index contributed by atoms with van der Waals surface area (Å²) in [5.41, 5.74) is 1.80. The highest BCUT2D eigenvalue weighted by Crippen LogP contribution is 2.24. The summed E-state index contributed by atoms with van der Waals surface area (Å²) in [5, 5.41) is 5.99. The summed E-state index contributed by atoms with van der Waals surface area (Å²) in [6.07, 6.45) is 0.349. The third kappa shape index (κ3) is 5.81. The Morgan fingerprint density at radius 2 is 1.85 bits per heavy atom. The number of hydrogen-bond donors (Lipinski definition) is 2. The first-order chi connectivity index (χ1) is 12.5. The molecule has 0 fully saturated rings. The zero-order chi connectivity index (χ0) is 18.9. The fraction of sp³-hybridized carbons (Fsp3) is 0.300. The zero-order valence-corrected chi connectivity index (χ0v) is 15.2. The largest absolute Gasteiger partial charge is 0.489 e. The average molecular weight is 356 g/mol. The van der Waals surface area contributed by atoms with Gasteiger partial charge >= 0.3 is 5.97 Å². The number of ether oxygens (including phenoxy) is 2. The normalized spacial score (nSPS) is 10.3. The van der Waals surface area contributed by atoms with E-state index in [0.29, 0.717) is 17.8 Å². The summed E-state index contributed by atoms with van der Waals surface area (Å²) in [6.45, 7) is 4.39. The lowest BCUT2D eigenvalue weighted by Gasteiger charge is -2.15. The van der Waals surface area contributed by atoms with E-state index in [4.69, 9.17) is 4.74 Å². The number of carbonyl (C=O) groups excluding carboxylic acids is 2. The Hall–Kier alpha value is -3.02. The highest BCUT2D eigenvalue weighted by atomic mass is 16.5. The minimum Gasteiger partial charge on any atom is -0.489 e. The summed E-state index contributed by atoms with van der Waals surface area (Å²) in [7, 11) is 1.32. The van der Waals surface area contributed by atoms with Crippen LogP contribution in [0.3, 0.4) is 0 Å². The van der Waals surface area contributed by atoms with Gasteiger partial charge in [-0.2, -0.15) is 0 Å². The van der Waals surface area contributed by atoms with Gasteiger partial charge in [-0.3, -0.25) is 4.79 Å². The van der Waals surface area contributed by atoms with Crippen molar-refractivity contribution in [3.63, 3.8) is 0 Å². The Morgan fingerprint density at radius 3 is 2.58 bits per heavy atom. The molecule has 0 radical (unpaired) electrons. The number of nitrogens with one attached hydrogen (secondary N) is 2. The van der Waals surface area contributed by atoms with Crippen LogP contribution >= 0.6 is 0 Å². The van der Waals surface area contributed by atoms with Crippen molar-refractivity contribution in [2.45, 2.75) is 26.4 Å². The van der Waals surface area contributed by atoms with Crippen LogP contribution in [-0.4, -0.2) is 31.6 Å². The van der Waals surface area contributed by atoms with Crippen molar-refractivity contribution in [1.29, 1.82) is 0 Å². The van der Waals surface area contributed by atoms with Gasteiger partial charge in [0.15, 0.2) is 0 Å². The topological polar surface area (TPSA) is 76.7 Å². The molecule has 0 aliphatic carbocycles. The molecular weight excluding hydrogens is 332 g/mol. The number of rotatable bonds is 8. The van der Waals surface area contributed by atoms with E-state index in [9.17, 15) is 9.59 Å². The molecule has 0 saturated carbocycles. The van der Waals surface area contributed by atoms with Crippen molar-refractivity contribution in [2.24, 2.45) is 0 Å². The van der Waals surface area contributed by atoms with E-state index in [0.717, 1.165) is 11.4 Å². The van der Waals surface area contributed by atoms with Crippen molar-refractivity contribution >= 4 is 23.3 Å². The summed E-state index contributed by atoms with van der Waals surface area (Å²) in [6, 6.07) is 14.3. The quantitative estimate of drug-likeness (QED) is 0.705. The van der Waals surface area contributed by atoms with Crippen LogP contribution in [0.15, 0.2) is 48.5 Å². The molecule has 2 aromatic rings. The third-order valence-corrected chi connectivity index (χ3v) is 3.48. The van der Waals surface area contributed by atoms with Crippen LogP contribution in [0.1, 0.15) is 30.6 Å². The standard InChI is InChI=1S/C20H24N2O4/c1-14(2)26-18-10-5-4-9-17(18)21-12-11-19(23)22-16-8-6-7-15(13-16)20(24)25-3/h4-10,13-14,21H,11-12H2,1-3H3,(H,22,23).